The first-order chi connectivity index (χ1) is 8.47. The molecule has 18 heavy (non-hydrogen) atoms. The summed E-state index contributed by atoms with van der Waals surface area (Å²) in [6.45, 7) is 1.84. The van der Waals surface area contributed by atoms with Gasteiger partial charge in [0, 0.05) is 16.7 Å². The average Bonchev–Trinajstić information content (AvgIpc) is 2.67. The number of hydrogen-bond acceptors (Lipinski definition) is 3. The van der Waals surface area contributed by atoms with Crippen LogP contribution in [0.25, 0.3) is 0 Å². The van der Waals surface area contributed by atoms with Gasteiger partial charge in [-0.25, -0.2) is 4.79 Å². The van der Waals surface area contributed by atoms with E-state index in [-0.39, 0.29) is 11.7 Å². The van der Waals surface area contributed by atoms with E-state index in [1.807, 2.05) is 13.1 Å². The van der Waals surface area contributed by atoms with Crippen molar-refractivity contribution in [2.45, 2.75) is 12.5 Å². The number of likely N-dealkylation sites (N-methyl/N-ethyl adjacent to an activating group) is 1. The van der Waals surface area contributed by atoms with Gasteiger partial charge in [-0.3, -0.25) is 0 Å². The quantitative estimate of drug-likeness (QED) is 0.687. The lowest BCUT2D eigenvalue weighted by molar-refractivity contribution is 0.0689. The zero-order chi connectivity index (χ0) is 13.3. The smallest absolute Gasteiger partial charge is 0.339 e. The summed E-state index contributed by atoms with van der Waals surface area (Å²) in [6, 6.07) is 3.58. The van der Waals surface area contributed by atoms with Crippen LogP contribution in [0.15, 0.2) is 12.1 Å². The van der Waals surface area contributed by atoms with Crippen LogP contribution in [0.3, 0.4) is 0 Å². The number of ether oxygens (including phenoxy) is 1. The van der Waals surface area contributed by atoms with E-state index in [2.05, 4.69) is 50.1 Å². The first-order valence-corrected chi connectivity index (χ1v) is 7.70. The predicted molar refractivity (Wildman–Crippen MR) is 85.4 cm³/mol. The highest BCUT2D eigenvalue weighted by Gasteiger charge is 2.24. The molecule has 0 aliphatic carbocycles. The van der Waals surface area contributed by atoms with Gasteiger partial charge in [0.1, 0.15) is 17.4 Å². The Morgan fingerprint density at radius 1 is 1.50 bits per heavy atom. The molecule has 0 saturated carbocycles. The van der Waals surface area contributed by atoms with Gasteiger partial charge in [-0.05, 0) is 70.8 Å². The molecule has 1 aliphatic rings. The van der Waals surface area contributed by atoms with Crippen molar-refractivity contribution < 1.29 is 14.6 Å². The SMILES string of the molecule is CN1CCC(Oc2c(I)cc(I)cc2C(=O)O)C1. The molecule has 2 rings (SSSR count). The standard InChI is InChI=1S/C12H13I2NO3/c1-15-3-2-8(6-15)18-11-9(12(16)17)4-7(13)5-10(11)14/h4-5,8H,2-3,6H2,1H3,(H,16,17). The van der Waals surface area contributed by atoms with Crippen molar-refractivity contribution >= 4 is 51.2 Å². The Kier molecular flexibility index (Phi) is 4.70. The zero-order valence-electron chi connectivity index (χ0n) is 9.82. The topological polar surface area (TPSA) is 49.8 Å². The van der Waals surface area contributed by atoms with Crippen molar-refractivity contribution in [1.29, 1.82) is 0 Å². The van der Waals surface area contributed by atoms with Crippen LogP contribution < -0.4 is 4.74 Å². The summed E-state index contributed by atoms with van der Waals surface area (Å²) < 4.78 is 7.65. The molecule has 98 valence electrons. The van der Waals surface area contributed by atoms with Crippen molar-refractivity contribution in [2.24, 2.45) is 0 Å². The highest BCUT2D eigenvalue weighted by Crippen LogP contribution is 2.30. The van der Waals surface area contributed by atoms with E-state index in [0.29, 0.717) is 5.75 Å². The van der Waals surface area contributed by atoms with Crippen molar-refractivity contribution in [1.82, 2.24) is 4.90 Å². The summed E-state index contributed by atoms with van der Waals surface area (Å²) in [6.07, 6.45) is 1.03. The van der Waals surface area contributed by atoms with Gasteiger partial charge in [0.2, 0.25) is 0 Å². The molecule has 1 fully saturated rings. The maximum atomic E-state index is 11.3. The van der Waals surface area contributed by atoms with Crippen LogP contribution >= 0.6 is 45.2 Å². The second-order valence-electron chi connectivity index (χ2n) is 4.36. The molecule has 1 aromatic carbocycles. The van der Waals surface area contributed by atoms with Crippen molar-refractivity contribution in [2.75, 3.05) is 20.1 Å². The van der Waals surface area contributed by atoms with Crippen LogP contribution in [-0.4, -0.2) is 42.2 Å². The minimum atomic E-state index is -0.937. The van der Waals surface area contributed by atoms with E-state index in [1.54, 1.807) is 6.07 Å². The lowest BCUT2D eigenvalue weighted by Crippen LogP contribution is -2.22. The van der Waals surface area contributed by atoms with E-state index in [1.165, 1.54) is 0 Å². The predicted octanol–water partition coefficient (Wildman–Crippen LogP) is 2.68. The molecule has 6 heteroatoms. The minimum absolute atomic E-state index is 0.0849. The fourth-order valence-electron chi connectivity index (χ4n) is 2.00. The molecular weight excluding hydrogens is 460 g/mol. The third-order valence-electron chi connectivity index (χ3n) is 2.87. The van der Waals surface area contributed by atoms with Gasteiger partial charge in [0.05, 0.1) is 3.57 Å². The number of carbonyl (C=O) groups is 1. The molecule has 0 radical (unpaired) electrons. The second-order valence-corrected chi connectivity index (χ2v) is 6.77. The van der Waals surface area contributed by atoms with Crippen LogP contribution in [0.2, 0.25) is 0 Å². The molecule has 1 heterocycles. The Morgan fingerprint density at radius 3 is 2.78 bits per heavy atom. The van der Waals surface area contributed by atoms with E-state index >= 15 is 0 Å². The second kappa shape index (κ2) is 5.91. The third kappa shape index (κ3) is 3.27. The largest absolute Gasteiger partial charge is 0.487 e. The molecule has 1 aromatic rings. The summed E-state index contributed by atoms with van der Waals surface area (Å²) in [5.41, 5.74) is 0.251. The van der Waals surface area contributed by atoms with Gasteiger partial charge >= 0.3 is 5.97 Å². The van der Waals surface area contributed by atoms with Crippen molar-refractivity contribution in [3.8, 4) is 5.75 Å². The Bertz CT molecular complexity index is 479. The molecule has 0 bridgehead atoms. The first-order valence-electron chi connectivity index (χ1n) is 5.55. The molecular formula is C12H13I2NO3. The molecule has 0 amide bonds. The van der Waals surface area contributed by atoms with Gasteiger partial charge < -0.3 is 14.7 Å². The number of hydrogen-bond donors (Lipinski definition) is 1. The summed E-state index contributed by atoms with van der Waals surface area (Å²) in [5.74, 6) is -0.434. The van der Waals surface area contributed by atoms with Crippen LogP contribution in [0.1, 0.15) is 16.8 Å². The number of aromatic carboxylic acids is 1. The Morgan fingerprint density at radius 2 is 2.22 bits per heavy atom. The summed E-state index contributed by atoms with van der Waals surface area (Å²) in [7, 11) is 2.04. The van der Waals surface area contributed by atoms with Crippen LogP contribution in [0, 0.1) is 7.14 Å². The summed E-state index contributed by atoms with van der Waals surface area (Å²) in [4.78, 5) is 13.5. The number of carboxylic acid groups (broad SMARTS) is 1. The van der Waals surface area contributed by atoms with E-state index in [9.17, 15) is 9.90 Å². The number of halogens is 2. The third-order valence-corrected chi connectivity index (χ3v) is 4.30. The van der Waals surface area contributed by atoms with Gasteiger partial charge in [-0.15, -0.1) is 0 Å². The molecule has 4 nitrogen and oxygen atoms in total. The van der Waals surface area contributed by atoms with Crippen molar-refractivity contribution in [3.05, 3.63) is 24.8 Å². The highest BCUT2D eigenvalue weighted by molar-refractivity contribution is 14.1. The monoisotopic (exact) mass is 473 g/mol. The van der Waals surface area contributed by atoms with E-state index in [4.69, 9.17) is 4.74 Å². The Balaban J connectivity index is 2.28. The van der Waals surface area contributed by atoms with Gasteiger partial charge in [0.25, 0.3) is 0 Å². The molecule has 0 spiro atoms. The van der Waals surface area contributed by atoms with Crippen molar-refractivity contribution in [3.63, 3.8) is 0 Å². The highest BCUT2D eigenvalue weighted by atomic mass is 127. The van der Waals surface area contributed by atoms with E-state index in [0.717, 1.165) is 26.7 Å². The summed E-state index contributed by atoms with van der Waals surface area (Å²) >= 11 is 4.25. The summed E-state index contributed by atoms with van der Waals surface area (Å²) in [5, 5.41) is 9.24. The molecule has 1 atom stereocenters. The number of likely N-dealkylation sites (tertiary alicyclic amines) is 1. The molecule has 0 aromatic heterocycles. The number of rotatable bonds is 3. The maximum Gasteiger partial charge on any atom is 0.339 e. The fourth-order valence-corrected chi connectivity index (χ4v) is 3.97. The number of carboxylic acids is 1. The minimum Gasteiger partial charge on any atom is -0.487 e. The van der Waals surface area contributed by atoms with Gasteiger partial charge in [-0.2, -0.15) is 0 Å². The fraction of sp³-hybridized carbons (Fsp3) is 0.417. The number of nitrogens with zero attached hydrogens (tertiary/aromatic N) is 1. The molecule has 1 N–H and O–H groups in total. The maximum absolute atomic E-state index is 11.3. The molecule has 1 aliphatic heterocycles. The lowest BCUT2D eigenvalue weighted by Gasteiger charge is -2.17. The molecule has 1 unspecified atom stereocenters. The average molecular weight is 473 g/mol. The van der Waals surface area contributed by atoms with Crippen LogP contribution in [-0.2, 0) is 0 Å². The Labute approximate surface area is 133 Å². The Hall–Kier alpha value is -0.0900. The van der Waals surface area contributed by atoms with Crippen LogP contribution in [0.4, 0.5) is 0 Å². The van der Waals surface area contributed by atoms with Crippen LogP contribution in [0.5, 0.6) is 5.75 Å². The molecule has 1 saturated heterocycles. The van der Waals surface area contributed by atoms with E-state index < -0.39 is 5.97 Å². The van der Waals surface area contributed by atoms with Gasteiger partial charge in [-0.1, -0.05) is 0 Å². The first kappa shape index (κ1) is 14.3. The number of benzene rings is 1. The normalized spacial score (nSPS) is 20.1. The lowest BCUT2D eigenvalue weighted by atomic mass is 10.2. The van der Waals surface area contributed by atoms with Gasteiger partial charge in [0.15, 0.2) is 0 Å². The zero-order valence-corrected chi connectivity index (χ0v) is 14.1.